The summed E-state index contributed by atoms with van der Waals surface area (Å²) in [5.74, 6) is -0.846. The van der Waals surface area contributed by atoms with Gasteiger partial charge < -0.3 is 29.5 Å². The lowest BCUT2D eigenvalue weighted by atomic mass is 10.0. The molecule has 0 aromatic carbocycles. The van der Waals surface area contributed by atoms with E-state index in [-0.39, 0.29) is 55.8 Å². The zero-order valence-electron chi connectivity index (χ0n) is 26.3. The second kappa shape index (κ2) is 13.9. The van der Waals surface area contributed by atoms with E-state index >= 15 is 0 Å². The highest BCUT2D eigenvalue weighted by Gasteiger charge is 2.40. The van der Waals surface area contributed by atoms with Crippen molar-refractivity contribution in [1.29, 1.82) is 0 Å². The Kier molecular flexibility index (Phi) is 9.94. The van der Waals surface area contributed by atoms with Crippen LogP contribution in [0.5, 0.6) is 11.6 Å². The highest BCUT2D eigenvalue weighted by molar-refractivity contribution is 6.00. The van der Waals surface area contributed by atoms with Crippen LogP contribution >= 0.6 is 0 Å². The van der Waals surface area contributed by atoms with Crippen molar-refractivity contribution in [2.45, 2.75) is 45.5 Å². The summed E-state index contributed by atoms with van der Waals surface area (Å²) in [6.45, 7) is 7.83. The number of piperazine rings is 1. The van der Waals surface area contributed by atoms with Crippen LogP contribution in [0, 0.1) is 0 Å². The number of amides is 2. The Labute approximate surface area is 265 Å². The molecule has 2 fully saturated rings. The number of nitrogens with one attached hydrogen (secondary N) is 1. The quantitative estimate of drug-likeness (QED) is 0.349. The van der Waals surface area contributed by atoms with E-state index in [0.29, 0.717) is 48.8 Å². The van der Waals surface area contributed by atoms with Crippen LogP contribution in [-0.4, -0.2) is 102 Å². The highest BCUT2D eigenvalue weighted by atomic mass is 19.4. The van der Waals surface area contributed by atoms with Crippen LogP contribution in [0.15, 0.2) is 42.7 Å². The van der Waals surface area contributed by atoms with Gasteiger partial charge in [-0.15, -0.1) is 0 Å². The number of anilines is 1. The number of likely N-dealkylation sites (N-methyl/N-ethyl adjacent to an activating group) is 1. The van der Waals surface area contributed by atoms with Crippen LogP contribution in [0.4, 0.5) is 18.9 Å². The van der Waals surface area contributed by atoms with Crippen molar-refractivity contribution in [1.82, 2.24) is 30.1 Å². The smallest absolute Gasteiger partial charge is 0.434 e. The molecule has 0 radical (unpaired) electrons. The number of carbonyl (C=O) groups excluding carboxylic acids is 2. The molecule has 0 aliphatic carbocycles. The maximum absolute atomic E-state index is 14.0. The third-order valence-electron chi connectivity index (χ3n) is 8.03. The van der Waals surface area contributed by atoms with E-state index in [2.05, 4.69) is 20.2 Å². The van der Waals surface area contributed by atoms with E-state index in [1.807, 2.05) is 31.9 Å². The molecule has 2 aliphatic heterocycles. The molecule has 3 aromatic heterocycles. The third kappa shape index (κ3) is 7.01. The SMILES string of the molecule is CCOc1ccc(C(=O)N2CCN(c3cc(OCC)c(-c4cccnc4)nc3C(=O)NC3CN(C)C3)[C@H](CC)C2)c(C(F)(F)F)n1. The Morgan fingerprint density at radius 1 is 1.02 bits per heavy atom. The minimum atomic E-state index is -4.85. The number of likely N-dealkylation sites (tertiary alicyclic amines) is 1. The number of nitrogens with zero attached hydrogens (tertiary/aromatic N) is 6. The van der Waals surface area contributed by atoms with Crippen molar-refractivity contribution >= 4 is 17.5 Å². The lowest BCUT2D eigenvalue weighted by Gasteiger charge is -2.43. The normalized spacial score (nSPS) is 17.4. The largest absolute Gasteiger partial charge is 0.492 e. The number of alkyl halides is 3. The van der Waals surface area contributed by atoms with E-state index in [4.69, 9.17) is 14.5 Å². The molecule has 0 bridgehead atoms. The van der Waals surface area contributed by atoms with E-state index in [0.717, 1.165) is 6.07 Å². The van der Waals surface area contributed by atoms with Crippen molar-refractivity contribution in [3.63, 3.8) is 0 Å². The Hall–Kier alpha value is -4.46. The predicted octanol–water partition coefficient (Wildman–Crippen LogP) is 4.14. The lowest BCUT2D eigenvalue weighted by Crippen LogP contribution is -2.58. The number of rotatable bonds is 10. The van der Waals surface area contributed by atoms with E-state index in [1.54, 1.807) is 31.5 Å². The number of ether oxygens (including phenoxy) is 2. The molecule has 0 saturated carbocycles. The standard InChI is InChI=1S/C32H38F3N7O4/c1-5-22-19-41(31(44)23-10-11-26(46-7-3)38-29(23)32(33,34)35)13-14-42(22)24-15-25(45-6-2)27(20-9-8-12-36-16-20)39-28(24)30(43)37-21-17-40(4)18-21/h8-12,15-16,21-22H,5-7,13-14,17-19H2,1-4H3,(H,37,43)/t22-/m1/s1. The van der Waals surface area contributed by atoms with Gasteiger partial charge in [0.1, 0.15) is 11.4 Å². The van der Waals surface area contributed by atoms with Gasteiger partial charge >= 0.3 is 6.18 Å². The zero-order chi connectivity index (χ0) is 33.0. The summed E-state index contributed by atoms with van der Waals surface area (Å²) >= 11 is 0. The average Bonchev–Trinajstić information content (AvgIpc) is 3.03. The van der Waals surface area contributed by atoms with Crippen molar-refractivity contribution in [3.05, 3.63) is 59.7 Å². The Bertz CT molecular complexity index is 1550. The summed E-state index contributed by atoms with van der Waals surface area (Å²) < 4.78 is 53.1. The fourth-order valence-corrected chi connectivity index (χ4v) is 5.83. The number of carbonyl (C=O) groups is 2. The zero-order valence-corrected chi connectivity index (χ0v) is 26.3. The minimum Gasteiger partial charge on any atom is -0.492 e. The first-order chi connectivity index (χ1) is 22.0. The minimum absolute atomic E-state index is 0.0254. The first-order valence-electron chi connectivity index (χ1n) is 15.4. The van der Waals surface area contributed by atoms with Crippen LogP contribution < -0.4 is 19.7 Å². The first-order valence-corrected chi connectivity index (χ1v) is 15.4. The molecule has 46 heavy (non-hydrogen) atoms. The average molecular weight is 642 g/mol. The highest BCUT2D eigenvalue weighted by Crippen LogP contribution is 2.37. The number of aromatic nitrogens is 3. The Morgan fingerprint density at radius 3 is 2.41 bits per heavy atom. The lowest BCUT2D eigenvalue weighted by molar-refractivity contribution is -0.141. The predicted molar refractivity (Wildman–Crippen MR) is 165 cm³/mol. The van der Waals surface area contributed by atoms with Gasteiger partial charge in [0.05, 0.1) is 30.5 Å². The van der Waals surface area contributed by atoms with Crippen molar-refractivity contribution in [2.75, 3.05) is 57.9 Å². The van der Waals surface area contributed by atoms with Gasteiger partial charge in [-0.3, -0.25) is 14.6 Å². The van der Waals surface area contributed by atoms with Gasteiger partial charge in [-0.05, 0) is 45.5 Å². The van der Waals surface area contributed by atoms with Crippen LogP contribution in [-0.2, 0) is 6.18 Å². The van der Waals surface area contributed by atoms with Crippen LogP contribution in [0.3, 0.4) is 0 Å². The first kappa shape index (κ1) is 32.9. The van der Waals surface area contributed by atoms with E-state index < -0.39 is 23.3 Å². The molecule has 11 nitrogen and oxygen atoms in total. The molecule has 1 atom stereocenters. The fourth-order valence-electron chi connectivity index (χ4n) is 5.83. The van der Waals surface area contributed by atoms with Gasteiger partial charge in [-0.2, -0.15) is 13.2 Å². The van der Waals surface area contributed by atoms with Crippen LogP contribution in [0.25, 0.3) is 11.3 Å². The fraction of sp³-hybridized carbons (Fsp3) is 0.469. The number of pyridine rings is 3. The van der Waals surface area contributed by atoms with Crippen LogP contribution in [0.1, 0.15) is 53.7 Å². The molecule has 14 heteroatoms. The molecule has 0 unspecified atom stereocenters. The van der Waals surface area contributed by atoms with Gasteiger partial charge in [-0.25, -0.2) is 9.97 Å². The van der Waals surface area contributed by atoms with Gasteiger partial charge in [-0.1, -0.05) is 6.92 Å². The van der Waals surface area contributed by atoms with Gasteiger partial charge in [0, 0.05) is 68.9 Å². The molecule has 246 valence electrons. The number of halogens is 3. The van der Waals surface area contributed by atoms with Gasteiger partial charge in [0.2, 0.25) is 5.88 Å². The van der Waals surface area contributed by atoms with Crippen molar-refractivity contribution < 1.29 is 32.2 Å². The summed E-state index contributed by atoms with van der Waals surface area (Å²) in [4.78, 5) is 45.5. The van der Waals surface area contributed by atoms with E-state index in [1.165, 1.54) is 11.0 Å². The molecule has 5 heterocycles. The summed E-state index contributed by atoms with van der Waals surface area (Å²) in [6.07, 6.45) is -1.01. The third-order valence-corrected chi connectivity index (χ3v) is 8.03. The molecule has 0 spiro atoms. The number of hydrogen-bond acceptors (Lipinski definition) is 9. The van der Waals surface area contributed by atoms with Crippen LogP contribution in [0.2, 0.25) is 0 Å². The molecular formula is C32H38F3N7O4. The molecule has 2 aliphatic rings. The Balaban J connectivity index is 1.49. The molecule has 3 aromatic rings. The topological polar surface area (TPSA) is 113 Å². The molecule has 2 amide bonds. The summed E-state index contributed by atoms with van der Waals surface area (Å²) in [7, 11) is 1.97. The molecule has 2 saturated heterocycles. The van der Waals surface area contributed by atoms with Gasteiger partial charge in [0.15, 0.2) is 11.4 Å². The van der Waals surface area contributed by atoms with E-state index in [9.17, 15) is 22.8 Å². The summed E-state index contributed by atoms with van der Waals surface area (Å²) in [5, 5.41) is 3.07. The van der Waals surface area contributed by atoms with Crippen molar-refractivity contribution in [2.24, 2.45) is 0 Å². The maximum atomic E-state index is 14.0. The van der Waals surface area contributed by atoms with Crippen molar-refractivity contribution in [3.8, 4) is 22.9 Å². The number of hydrogen-bond donors (Lipinski definition) is 1. The molecular weight excluding hydrogens is 603 g/mol. The molecule has 5 rings (SSSR count). The second-order valence-corrected chi connectivity index (χ2v) is 11.3. The summed E-state index contributed by atoms with van der Waals surface area (Å²) in [6, 6.07) is 7.44. The Morgan fingerprint density at radius 2 is 1.78 bits per heavy atom. The molecule has 1 N–H and O–H groups in total. The monoisotopic (exact) mass is 641 g/mol. The maximum Gasteiger partial charge on any atom is 0.434 e. The summed E-state index contributed by atoms with van der Waals surface area (Å²) in [5.41, 5.74) is 0.0620. The second-order valence-electron chi connectivity index (χ2n) is 11.3. The van der Waals surface area contributed by atoms with Gasteiger partial charge in [0.25, 0.3) is 11.8 Å².